The Balaban J connectivity index is 2.06. The van der Waals surface area contributed by atoms with Gasteiger partial charge in [0.2, 0.25) is 17.7 Å². The van der Waals surface area contributed by atoms with Crippen molar-refractivity contribution < 1.29 is 19.5 Å². The van der Waals surface area contributed by atoms with E-state index >= 15 is 0 Å². The number of nitrogens with one attached hydrogen (secondary N) is 3. The number of nitrogens with two attached hydrogens (primary N) is 4. The van der Waals surface area contributed by atoms with Crippen LogP contribution in [0.15, 0.2) is 52.4 Å². The molecule has 2 aromatic carbocycles. The molecular weight excluding hydrogens is 514 g/mol. The number of guanidine groups is 2. The van der Waals surface area contributed by atoms with E-state index in [1.165, 1.54) is 6.92 Å². The van der Waals surface area contributed by atoms with E-state index in [1.54, 1.807) is 12.1 Å². The van der Waals surface area contributed by atoms with Gasteiger partial charge in [-0.15, -0.1) is 0 Å². The zero-order chi connectivity index (χ0) is 29.8. The van der Waals surface area contributed by atoms with Gasteiger partial charge in [0.15, 0.2) is 11.9 Å². The third-order valence-corrected chi connectivity index (χ3v) is 6.06. The number of amides is 3. The third kappa shape index (κ3) is 10.5. The molecule has 3 amide bonds. The lowest BCUT2D eigenvalue weighted by Gasteiger charge is -2.22. The van der Waals surface area contributed by atoms with Crippen LogP contribution in [0.25, 0.3) is 0 Å². The molecule has 3 unspecified atom stereocenters. The molecule has 0 saturated carbocycles. The van der Waals surface area contributed by atoms with E-state index in [0.29, 0.717) is 6.42 Å². The average Bonchev–Trinajstić information content (AvgIpc) is 2.87. The van der Waals surface area contributed by atoms with Crippen LogP contribution in [-0.4, -0.2) is 66.0 Å². The molecule has 40 heavy (non-hydrogen) atoms. The summed E-state index contributed by atoms with van der Waals surface area (Å²) in [6.45, 7) is 4.99. The first kappa shape index (κ1) is 31.4. The maximum atomic E-state index is 13.1. The molecule has 0 aliphatic rings. The van der Waals surface area contributed by atoms with Crippen molar-refractivity contribution >= 4 is 29.6 Å². The van der Waals surface area contributed by atoms with E-state index in [9.17, 15) is 19.5 Å². The molecule has 2 aromatic rings. The molecule has 0 aliphatic heterocycles. The Kier molecular flexibility index (Phi) is 11.7. The summed E-state index contributed by atoms with van der Waals surface area (Å²) < 4.78 is 0. The number of hydrogen-bond donors (Lipinski definition) is 8. The van der Waals surface area contributed by atoms with Crippen molar-refractivity contribution in [3.63, 3.8) is 0 Å². The average molecular weight is 554 g/mol. The van der Waals surface area contributed by atoms with Crippen LogP contribution in [0.1, 0.15) is 29.2 Å². The van der Waals surface area contributed by atoms with Gasteiger partial charge in [-0.3, -0.25) is 14.4 Å². The summed E-state index contributed by atoms with van der Waals surface area (Å²) in [6.07, 6.45) is 0.602. The zero-order valence-electron chi connectivity index (χ0n) is 23.0. The first-order valence-electron chi connectivity index (χ1n) is 12.7. The van der Waals surface area contributed by atoms with E-state index in [1.807, 2.05) is 44.2 Å². The SMILES string of the molecule is Cc1cc(O)cc(C)c1CC(N=C(N)N)C(=O)NC(C)C(=O)NCC(Cc1ccccc1)NC(=O)CN=C(N)N. The highest BCUT2D eigenvalue weighted by Crippen LogP contribution is 2.22. The highest BCUT2D eigenvalue weighted by molar-refractivity contribution is 5.91. The second kappa shape index (κ2) is 15.0. The van der Waals surface area contributed by atoms with Crippen molar-refractivity contribution in [1.82, 2.24) is 16.0 Å². The number of nitrogens with zero attached hydrogens (tertiary/aromatic N) is 2. The van der Waals surface area contributed by atoms with E-state index < -0.39 is 35.8 Å². The molecule has 12 N–H and O–H groups in total. The van der Waals surface area contributed by atoms with Gasteiger partial charge in [0.25, 0.3) is 0 Å². The first-order valence-corrected chi connectivity index (χ1v) is 12.7. The summed E-state index contributed by atoms with van der Waals surface area (Å²) in [6, 6.07) is 10.2. The van der Waals surface area contributed by atoms with Crippen LogP contribution in [0.2, 0.25) is 0 Å². The number of aromatic hydroxyl groups is 1. The van der Waals surface area contributed by atoms with Gasteiger partial charge in [0.1, 0.15) is 24.4 Å². The number of aliphatic imine (C=N–C) groups is 2. The number of carbonyl (C=O) groups excluding carboxylic acids is 3. The molecule has 0 heterocycles. The first-order chi connectivity index (χ1) is 18.8. The minimum Gasteiger partial charge on any atom is -0.508 e. The van der Waals surface area contributed by atoms with Crippen LogP contribution in [-0.2, 0) is 27.2 Å². The van der Waals surface area contributed by atoms with Gasteiger partial charge in [-0.2, -0.15) is 0 Å². The zero-order valence-corrected chi connectivity index (χ0v) is 23.0. The molecular formula is C27H39N9O4. The van der Waals surface area contributed by atoms with Crippen LogP contribution in [0, 0.1) is 13.8 Å². The molecule has 0 saturated heterocycles. The third-order valence-electron chi connectivity index (χ3n) is 6.06. The Morgan fingerprint density at radius 2 is 1.52 bits per heavy atom. The summed E-state index contributed by atoms with van der Waals surface area (Å²) in [5, 5.41) is 18.1. The van der Waals surface area contributed by atoms with E-state index in [-0.39, 0.29) is 37.2 Å². The smallest absolute Gasteiger partial charge is 0.245 e. The fourth-order valence-electron chi connectivity index (χ4n) is 4.12. The molecule has 216 valence electrons. The van der Waals surface area contributed by atoms with Crippen LogP contribution < -0.4 is 38.9 Å². The summed E-state index contributed by atoms with van der Waals surface area (Å²) in [5.41, 5.74) is 25.1. The van der Waals surface area contributed by atoms with Gasteiger partial charge in [-0.25, -0.2) is 9.98 Å². The minimum absolute atomic E-state index is 0.0880. The molecule has 13 heteroatoms. The minimum atomic E-state index is -0.997. The van der Waals surface area contributed by atoms with Gasteiger partial charge in [0, 0.05) is 13.0 Å². The standard InChI is InChI=1S/C27H39N9O4/c1-15-9-20(37)10-16(2)21(15)12-22(36-27(30)31)25(40)34-17(3)24(39)32-13-19(11-18-7-5-4-6-8-18)35-23(38)14-33-26(28)29/h4-10,17,19,22,37H,11-14H2,1-3H3,(H,32,39)(H,34,40)(H,35,38)(H4,28,29,33)(H4,30,31,36). The van der Waals surface area contributed by atoms with Crippen LogP contribution in [0.4, 0.5) is 0 Å². The van der Waals surface area contributed by atoms with Crippen molar-refractivity contribution in [2.75, 3.05) is 13.1 Å². The number of phenols is 1. The lowest BCUT2D eigenvalue weighted by molar-refractivity contribution is -0.129. The van der Waals surface area contributed by atoms with E-state index in [2.05, 4.69) is 25.9 Å². The lowest BCUT2D eigenvalue weighted by atomic mass is 9.95. The number of aryl methyl sites for hydroxylation is 2. The summed E-state index contributed by atoms with van der Waals surface area (Å²) in [7, 11) is 0. The maximum absolute atomic E-state index is 13.1. The predicted molar refractivity (Wildman–Crippen MR) is 154 cm³/mol. The number of rotatable bonds is 13. The summed E-state index contributed by atoms with van der Waals surface area (Å²) >= 11 is 0. The number of benzene rings is 2. The fourth-order valence-corrected chi connectivity index (χ4v) is 4.12. The van der Waals surface area contributed by atoms with Crippen molar-refractivity contribution in [3.05, 3.63) is 64.7 Å². The Morgan fingerprint density at radius 1 is 0.900 bits per heavy atom. The molecule has 0 bridgehead atoms. The molecule has 3 atom stereocenters. The second-order valence-corrected chi connectivity index (χ2v) is 9.50. The summed E-state index contributed by atoms with van der Waals surface area (Å²) in [5.74, 6) is -1.79. The number of phenolic OH excluding ortho intramolecular Hbond substituents is 1. The Bertz CT molecular complexity index is 1220. The lowest BCUT2D eigenvalue weighted by Crippen LogP contribution is -2.52. The fraction of sp³-hybridized carbons (Fsp3) is 0.370. The van der Waals surface area contributed by atoms with Crippen molar-refractivity contribution in [3.8, 4) is 5.75 Å². The number of hydrogen-bond acceptors (Lipinski definition) is 6. The number of carbonyl (C=O) groups is 3. The molecule has 0 aromatic heterocycles. The Hall–Kier alpha value is -4.81. The van der Waals surface area contributed by atoms with Crippen molar-refractivity contribution in [2.45, 2.75) is 51.7 Å². The van der Waals surface area contributed by atoms with Crippen LogP contribution >= 0.6 is 0 Å². The van der Waals surface area contributed by atoms with Gasteiger partial charge in [-0.1, -0.05) is 30.3 Å². The topological polar surface area (TPSA) is 236 Å². The molecule has 2 rings (SSSR count). The van der Waals surface area contributed by atoms with Gasteiger partial charge < -0.3 is 44.0 Å². The highest BCUT2D eigenvalue weighted by Gasteiger charge is 2.25. The van der Waals surface area contributed by atoms with E-state index in [0.717, 1.165) is 22.3 Å². The largest absolute Gasteiger partial charge is 0.508 e. The van der Waals surface area contributed by atoms with Gasteiger partial charge in [0.05, 0.1) is 6.04 Å². The Morgan fingerprint density at radius 3 is 2.10 bits per heavy atom. The molecule has 0 radical (unpaired) electrons. The quantitative estimate of drug-likeness (QED) is 0.111. The molecule has 0 aliphatic carbocycles. The predicted octanol–water partition coefficient (Wildman–Crippen LogP) is -1.18. The normalized spacial score (nSPS) is 12.8. The molecule has 0 fully saturated rings. The maximum Gasteiger partial charge on any atom is 0.245 e. The van der Waals surface area contributed by atoms with Crippen LogP contribution in [0.3, 0.4) is 0 Å². The molecule has 0 spiro atoms. The van der Waals surface area contributed by atoms with Crippen molar-refractivity contribution in [1.29, 1.82) is 0 Å². The Labute approximate surface area is 233 Å². The molecule has 13 nitrogen and oxygen atoms in total. The van der Waals surface area contributed by atoms with Crippen LogP contribution in [0.5, 0.6) is 5.75 Å². The van der Waals surface area contributed by atoms with E-state index in [4.69, 9.17) is 22.9 Å². The van der Waals surface area contributed by atoms with Gasteiger partial charge in [-0.05, 0) is 61.6 Å². The monoisotopic (exact) mass is 553 g/mol. The van der Waals surface area contributed by atoms with Gasteiger partial charge >= 0.3 is 0 Å². The van der Waals surface area contributed by atoms with Crippen molar-refractivity contribution in [2.24, 2.45) is 32.9 Å². The second-order valence-electron chi connectivity index (χ2n) is 9.50. The highest BCUT2D eigenvalue weighted by atomic mass is 16.3. The summed E-state index contributed by atoms with van der Waals surface area (Å²) in [4.78, 5) is 46.0.